The fourth-order valence-electron chi connectivity index (χ4n) is 4.15. The van der Waals surface area contributed by atoms with Gasteiger partial charge in [0.25, 0.3) is 0 Å². The molecule has 4 rings (SSSR count). The van der Waals surface area contributed by atoms with Gasteiger partial charge in [-0.05, 0) is 67.8 Å². The Morgan fingerprint density at radius 2 is 1.92 bits per heavy atom. The number of aromatic nitrogens is 3. The second-order valence-electron chi connectivity index (χ2n) is 8.89. The van der Waals surface area contributed by atoms with E-state index in [-0.39, 0.29) is 6.42 Å². The van der Waals surface area contributed by atoms with E-state index in [9.17, 15) is 18.0 Å². The molecule has 0 unspecified atom stereocenters. The number of nitrogens with zero attached hydrogens (tertiary/aromatic N) is 1. The van der Waals surface area contributed by atoms with Crippen LogP contribution in [0.4, 0.5) is 18.9 Å². The molecule has 37 heavy (non-hydrogen) atoms. The van der Waals surface area contributed by atoms with Crippen LogP contribution in [0.25, 0.3) is 21.8 Å². The number of hydrogen-bond donors (Lipinski definition) is 5. The number of carboxylic acids is 1. The van der Waals surface area contributed by atoms with E-state index in [0.29, 0.717) is 43.6 Å². The average Bonchev–Trinajstić information content (AvgIpc) is 3.49. The Balaban J connectivity index is 1.11. The number of fused-ring (bicyclic) bond motifs is 2. The third-order valence-electron chi connectivity index (χ3n) is 6.02. The van der Waals surface area contributed by atoms with Gasteiger partial charge in [-0.1, -0.05) is 0 Å². The number of benzene rings is 2. The molecule has 0 aliphatic heterocycles. The number of carbonyl (C=O) groups is 1. The molecule has 5 N–H and O–H groups in total. The number of aliphatic carboxylic acids is 1. The maximum absolute atomic E-state index is 12.9. The average molecular weight is 518 g/mol. The van der Waals surface area contributed by atoms with E-state index in [0.717, 1.165) is 59.4 Å². The molecule has 2 aromatic heterocycles. The Morgan fingerprint density at radius 1 is 1.05 bits per heavy atom. The minimum absolute atomic E-state index is 0.0710. The molecule has 0 fully saturated rings. The fraction of sp³-hybridized carbons (Fsp3) is 0.385. The third-order valence-corrected chi connectivity index (χ3v) is 6.02. The van der Waals surface area contributed by atoms with Crippen molar-refractivity contribution in [2.24, 2.45) is 0 Å². The molecule has 11 heteroatoms. The number of unbranched alkanes of at least 4 members (excludes halogenated alkanes) is 1. The number of aromatic amines is 2. The van der Waals surface area contributed by atoms with Crippen molar-refractivity contribution in [2.75, 3.05) is 31.6 Å². The SMILES string of the molecule is O=C(O)CCc1cc(NCCOCCCCNCc2cc3cc(C(F)(F)F)ccc3[nH]2)c2cn[nH]c2c1. The number of aryl methyl sites for hydroxylation is 1. The summed E-state index contributed by atoms with van der Waals surface area (Å²) >= 11 is 0. The molecule has 0 amide bonds. The van der Waals surface area contributed by atoms with Gasteiger partial charge in [-0.3, -0.25) is 9.89 Å². The molecule has 4 aromatic rings. The van der Waals surface area contributed by atoms with Gasteiger partial charge in [0.1, 0.15) is 0 Å². The summed E-state index contributed by atoms with van der Waals surface area (Å²) in [7, 11) is 0. The Labute approximate surface area is 211 Å². The Morgan fingerprint density at radius 3 is 2.73 bits per heavy atom. The van der Waals surface area contributed by atoms with Gasteiger partial charge in [0.15, 0.2) is 0 Å². The van der Waals surface area contributed by atoms with Crippen molar-refractivity contribution in [1.29, 1.82) is 0 Å². The normalized spacial score (nSPS) is 12.0. The number of nitrogens with one attached hydrogen (secondary N) is 4. The highest BCUT2D eigenvalue weighted by Crippen LogP contribution is 2.31. The summed E-state index contributed by atoms with van der Waals surface area (Å²) in [6.45, 7) is 3.08. The van der Waals surface area contributed by atoms with Crippen molar-refractivity contribution < 1.29 is 27.8 Å². The predicted octanol–water partition coefficient (Wildman–Crippen LogP) is 5.08. The van der Waals surface area contributed by atoms with Crippen LogP contribution < -0.4 is 10.6 Å². The molecule has 0 spiro atoms. The van der Waals surface area contributed by atoms with Gasteiger partial charge in [-0.15, -0.1) is 0 Å². The number of anilines is 1. The molecule has 198 valence electrons. The topological polar surface area (TPSA) is 115 Å². The minimum atomic E-state index is -4.34. The van der Waals surface area contributed by atoms with E-state index in [1.165, 1.54) is 6.07 Å². The summed E-state index contributed by atoms with van der Waals surface area (Å²) in [6, 6.07) is 9.32. The standard InChI is InChI=1S/C26H30F3N5O3/c27-26(28,29)19-4-5-22-18(13-19)14-20(33-22)15-30-7-1-2-9-37-10-8-31-23-11-17(3-6-25(35)36)12-24-21(23)16-32-34-24/h4-5,11-14,16,30-31,33H,1-3,6-10,15H2,(H,32,34)(H,35,36). The smallest absolute Gasteiger partial charge is 0.416 e. The van der Waals surface area contributed by atoms with Crippen LogP contribution in [-0.4, -0.2) is 52.6 Å². The number of H-pyrrole nitrogens is 2. The number of halogens is 3. The summed E-state index contributed by atoms with van der Waals surface area (Å²) in [5.41, 5.74) is 3.56. The van der Waals surface area contributed by atoms with Gasteiger partial charge in [-0.2, -0.15) is 18.3 Å². The van der Waals surface area contributed by atoms with Crippen LogP contribution in [0.3, 0.4) is 0 Å². The molecule has 8 nitrogen and oxygen atoms in total. The molecule has 2 aromatic carbocycles. The number of alkyl halides is 3. The second-order valence-corrected chi connectivity index (χ2v) is 8.89. The highest BCUT2D eigenvalue weighted by Gasteiger charge is 2.30. The van der Waals surface area contributed by atoms with Crippen LogP contribution in [0.15, 0.2) is 42.6 Å². The summed E-state index contributed by atoms with van der Waals surface area (Å²) in [5, 5.41) is 24.1. The zero-order valence-corrected chi connectivity index (χ0v) is 20.3. The van der Waals surface area contributed by atoms with E-state index < -0.39 is 17.7 Å². The van der Waals surface area contributed by atoms with Crippen molar-refractivity contribution in [3.8, 4) is 0 Å². The Bertz CT molecular complexity index is 1330. The lowest BCUT2D eigenvalue weighted by atomic mass is 10.1. The van der Waals surface area contributed by atoms with Gasteiger partial charge in [0.2, 0.25) is 0 Å². The van der Waals surface area contributed by atoms with Gasteiger partial charge in [0.05, 0.1) is 23.9 Å². The highest BCUT2D eigenvalue weighted by atomic mass is 19.4. The maximum atomic E-state index is 12.9. The molecular weight excluding hydrogens is 487 g/mol. The van der Waals surface area contributed by atoms with Crippen molar-refractivity contribution in [3.05, 3.63) is 59.4 Å². The number of hydrogen-bond acceptors (Lipinski definition) is 5. The van der Waals surface area contributed by atoms with Gasteiger partial charge >= 0.3 is 12.1 Å². The van der Waals surface area contributed by atoms with Crippen molar-refractivity contribution in [2.45, 2.75) is 38.4 Å². The van der Waals surface area contributed by atoms with Crippen LogP contribution in [-0.2, 0) is 28.7 Å². The lowest BCUT2D eigenvalue weighted by molar-refractivity contribution is -0.138. The van der Waals surface area contributed by atoms with Crippen molar-refractivity contribution in [1.82, 2.24) is 20.5 Å². The Kier molecular flexibility index (Phi) is 8.67. The molecular formula is C26H30F3N5O3. The van der Waals surface area contributed by atoms with Gasteiger partial charge in [0, 0.05) is 53.8 Å². The lowest BCUT2D eigenvalue weighted by Crippen LogP contribution is -2.16. The van der Waals surface area contributed by atoms with E-state index in [1.807, 2.05) is 12.1 Å². The predicted molar refractivity (Wildman–Crippen MR) is 136 cm³/mol. The van der Waals surface area contributed by atoms with Crippen LogP contribution in [0.5, 0.6) is 0 Å². The van der Waals surface area contributed by atoms with Gasteiger partial charge < -0.3 is 25.5 Å². The highest BCUT2D eigenvalue weighted by molar-refractivity contribution is 5.91. The Hall–Kier alpha value is -3.57. The van der Waals surface area contributed by atoms with Crippen LogP contribution >= 0.6 is 0 Å². The molecule has 2 heterocycles. The van der Waals surface area contributed by atoms with E-state index in [4.69, 9.17) is 9.84 Å². The zero-order valence-electron chi connectivity index (χ0n) is 20.3. The van der Waals surface area contributed by atoms with E-state index in [1.54, 1.807) is 12.3 Å². The summed E-state index contributed by atoms with van der Waals surface area (Å²) in [5.74, 6) is -0.830. The fourth-order valence-corrected chi connectivity index (χ4v) is 4.15. The van der Waals surface area contributed by atoms with Crippen LogP contribution in [0.1, 0.15) is 36.1 Å². The molecule has 0 bridgehead atoms. The summed E-state index contributed by atoms with van der Waals surface area (Å²) in [4.78, 5) is 14.0. The van der Waals surface area contributed by atoms with Crippen LogP contribution in [0.2, 0.25) is 0 Å². The lowest BCUT2D eigenvalue weighted by Gasteiger charge is -2.10. The second kappa shape index (κ2) is 12.1. The first-order chi connectivity index (χ1) is 17.8. The first kappa shape index (κ1) is 26.5. The molecule has 0 saturated heterocycles. The largest absolute Gasteiger partial charge is 0.481 e. The summed E-state index contributed by atoms with van der Waals surface area (Å²) < 4.78 is 44.3. The zero-order chi connectivity index (χ0) is 26.3. The number of rotatable bonds is 14. The molecule has 0 radical (unpaired) electrons. The minimum Gasteiger partial charge on any atom is -0.481 e. The number of ether oxygens (including phenoxy) is 1. The molecule has 0 aliphatic carbocycles. The molecule has 0 atom stereocenters. The maximum Gasteiger partial charge on any atom is 0.416 e. The third kappa shape index (κ3) is 7.46. The first-order valence-electron chi connectivity index (χ1n) is 12.2. The molecule has 0 aliphatic rings. The summed E-state index contributed by atoms with van der Waals surface area (Å²) in [6.07, 6.45) is -0.298. The first-order valence-corrected chi connectivity index (χ1v) is 12.2. The number of carboxylic acid groups (broad SMARTS) is 1. The monoisotopic (exact) mass is 517 g/mol. The van der Waals surface area contributed by atoms with E-state index >= 15 is 0 Å². The van der Waals surface area contributed by atoms with E-state index in [2.05, 4.69) is 25.8 Å². The van der Waals surface area contributed by atoms with Crippen molar-refractivity contribution in [3.63, 3.8) is 0 Å². The quantitative estimate of drug-likeness (QED) is 0.149. The van der Waals surface area contributed by atoms with Crippen LogP contribution in [0, 0.1) is 0 Å². The van der Waals surface area contributed by atoms with Gasteiger partial charge in [-0.25, -0.2) is 0 Å². The van der Waals surface area contributed by atoms with Crippen molar-refractivity contribution >= 4 is 33.5 Å². The molecule has 0 saturated carbocycles.